The summed E-state index contributed by atoms with van der Waals surface area (Å²) in [5, 5.41) is 6.44. The molecule has 2 unspecified atom stereocenters. The molecule has 0 radical (unpaired) electrons. The fourth-order valence-corrected chi connectivity index (χ4v) is 5.97. The van der Waals surface area contributed by atoms with Gasteiger partial charge in [-0.25, -0.2) is 22.8 Å². The third-order valence-corrected chi connectivity index (χ3v) is 8.21. The molecule has 0 aliphatic heterocycles. The molecule has 0 saturated heterocycles. The molecule has 5 rings (SSSR count). The highest BCUT2D eigenvalue weighted by Crippen LogP contribution is 2.75. The number of aromatic nitrogens is 3. The van der Waals surface area contributed by atoms with Gasteiger partial charge in [-0.05, 0) is 42.2 Å². The van der Waals surface area contributed by atoms with Gasteiger partial charge in [-0.15, -0.1) is 0 Å². The van der Waals surface area contributed by atoms with E-state index in [1.807, 2.05) is 0 Å². The minimum Gasteiger partial charge on any atom is -0.320 e. The quantitative estimate of drug-likeness (QED) is 0.509. The lowest BCUT2D eigenvalue weighted by atomic mass is 9.67. The Morgan fingerprint density at radius 1 is 1.31 bits per heavy atom. The highest BCUT2D eigenvalue weighted by Gasteiger charge is 2.66. The molecule has 3 saturated carbocycles. The Labute approximate surface area is 198 Å². The Kier molecular flexibility index (Phi) is 4.99. The third-order valence-electron chi connectivity index (χ3n) is 7.18. The van der Waals surface area contributed by atoms with Crippen LogP contribution in [0.2, 0.25) is 0 Å². The molecule has 190 valence electrons. The van der Waals surface area contributed by atoms with Crippen LogP contribution in [-0.4, -0.2) is 37.1 Å². The minimum absolute atomic E-state index is 0.00993. The summed E-state index contributed by atoms with van der Waals surface area (Å²) >= 11 is 0. The number of amides is 1. The monoisotopic (exact) mass is 517 g/mol. The first kappa shape index (κ1) is 24.1. The molecule has 3 aliphatic rings. The number of halogens is 5. The van der Waals surface area contributed by atoms with Crippen LogP contribution in [0, 0.1) is 15.6 Å². The molecule has 2 aromatic rings. The maximum absolute atomic E-state index is 14.3. The van der Waals surface area contributed by atoms with Crippen molar-refractivity contribution >= 4 is 21.3 Å². The number of pyridine rings is 1. The summed E-state index contributed by atoms with van der Waals surface area (Å²) in [5.74, 6) is -4.42. The number of nitrogens with one attached hydrogen (secondary N) is 2. The number of hydrogen-bond donors (Lipinski definition) is 2. The Morgan fingerprint density at radius 2 is 1.97 bits per heavy atom. The minimum atomic E-state index is -4.88. The molecule has 0 bridgehead atoms. The fourth-order valence-electron chi connectivity index (χ4n) is 5.36. The first-order valence-electron chi connectivity index (χ1n) is 11.1. The van der Waals surface area contributed by atoms with Crippen LogP contribution in [0.1, 0.15) is 66.7 Å². The standard InChI is InChI=1S/C22H24F5N5O2S/c1-19(9-21(23,24)10-19)11-32-17(18(33)30-12-3-6-29-14(7-12)35(2,28)34)15(22(25,26)27)16(31-32)13-8-20(13)4-5-20/h3,6-7,13,28H,4-5,8-11H2,1-2H3,(H,29,30,33). The van der Waals surface area contributed by atoms with Crippen molar-refractivity contribution in [2.24, 2.45) is 10.8 Å². The van der Waals surface area contributed by atoms with Gasteiger partial charge in [0.1, 0.15) is 16.3 Å². The summed E-state index contributed by atoms with van der Waals surface area (Å²) in [6.45, 7) is 1.28. The normalized spacial score (nSPS) is 24.9. The number of anilines is 1. The number of nitrogens with zero attached hydrogens (tertiary/aromatic N) is 3. The van der Waals surface area contributed by atoms with Crippen molar-refractivity contribution in [3.05, 3.63) is 35.3 Å². The highest BCUT2D eigenvalue weighted by molar-refractivity contribution is 7.91. The van der Waals surface area contributed by atoms with Crippen molar-refractivity contribution in [1.82, 2.24) is 14.8 Å². The van der Waals surface area contributed by atoms with Crippen molar-refractivity contribution in [2.45, 2.75) is 68.6 Å². The van der Waals surface area contributed by atoms with Gasteiger partial charge in [-0.2, -0.15) is 18.3 Å². The van der Waals surface area contributed by atoms with Gasteiger partial charge >= 0.3 is 6.18 Å². The van der Waals surface area contributed by atoms with Gasteiger partial charge in [-0.1, -0.05) is 6.92 Å². The number of alkyl halides is 5. The molecular weight excluding hydrogens is 493 g/mol. The molecule has 1 amide bonds. The van der Waals surface area contributed by atoms with Crippen LogP contribution in [0.3, 0.4) is 0 Å². The Morgan fingerprint density at radius 3 is 2.49 bits per heavy atom. The maximum atomic E-state index is 14.3. The van der Waals surface area contributed by atoms with Crippen LogP contribution in [-0.2, 0) is 22.5 Å². The molecule has 13 heteroatoms. The summed E-state index contributed by atoms with van der Waals surface area (Å²) in [7, 11) is -3.23. The van der Waals surface area contributed by atoms with Crippen molar-refractivity contribution in [3.8, 4) is 0 Å². The largest absolute Gasteiger partial charge is 0.420 e. The highest BCUT2D eigenvalue weighted by atomic mass is 32.2. The van der Waals surface area contributed by atoms with Crippen molar-refractivity contribution in [1.29, 1.82) is 4.78 Å². The zero-order valence-electron chi connectivity index (χ0n) is 19.0. The topological polar surface area (TPSA) is 101 Å². The van der Waals surface area contributed by atoms with E-state index >= 15 is 0 Å². The average molecular weight is 518 g/mol. The zero-order chi connectivity index (χ0) is 25.6. The number of hydrogen-bond acceptors (Lipinski definition) is 5. The second-order valence-corrected chi connectivity index (χ2v) is 12.7. The van der Waals surface area contributed by atoms with Crippen LogP contribution in [0.15, 0.2) is 23.4 Å². The van der Waals surface area contributed by atoms with Gasteiger partial charge in [-0.3, -0.25) is 9.48 Å². The Bertz CT molecular complexity index is 1320. The van der Waals surface area contributed by atoms with Crippen molar-refractivity contribution < 1.29 is 31.0 Å². The van der Waals surface area contributed by atoms with Gasteiger partial charge in [0.15, 0.2) is 0 Å². The lowest BCUT2D eigenvalue weighted by Crippen LogP contribution is -2.47. The van der Waals surface area contributed by atoms with Crippen LogP contribution in [0.4, 0.5) is 27.6 Å². The van der Waals surface area contributed by atoms with Crippen LogP contribution >= 0.6 is 0 Å². The van der Waals surface area contributed by atoms with Crippen LogP contribution in [0.25, 0.3) is 0 Å². The van der Waals surface area contributed by atoms with Crippen molar-refractivity contribution in [3.63, 3.8) is 0 Å². The van der Waals surface area contributed by atoms with Crippen molar-refractivity contribution in [2.75, 3.05) is 11.6 Å². The molecule has 2 aromatic heterocycles. The molecule has 35 heavy (non-hydrogen) atoms. The molecule has 2 N–H and O–H groups in total. The summed E-state index contributed by atoms with van der Waals surface area (Å²) in [6.07, 6.45) is -1.42. The molecule has 2 atom stereocenters. The van der Waals surface area contributed by atoms with Crippen LogP contribution in [0.5, 0.6) is 0 Å². The van der Waals surface area contributed by atoms with Gasteiger partial charge in [0.05, 0.1) is 15.4 Å². The average Bonchev–Trinajstić information content (AvgIpc) is 3.57. The lowest BCUT2D eigenvalue weighted by molar-refractivity contribution is -0.160. The molecule has 2 heterocycles. The molecule has 1 spiro atoms. The summed E-state index contributed by atoms with van der Waals surface area (Å²) in [5.41, 5.74) is -3.24. The van der Waals surface area contributed by atoms with E-state index in [9.17, 15) is 31.0 Å². The first-order chi connectivity index (χ1) is 16.0. The van der Waals surface area contributed by atoms with Crippen LogP contribution < -0.4 is 5.32 Å². The second kappa shape index (κ2) is 7.23. The van der Waals surface area contributed by atoms with E-state index in [1.54, 1.807) is 6.92 Å². The SMILES string of the molecule is CC1(Cn2nc(C3CC34CC4)c(C(F)(F)F)c2C(=O)Nc2ccnc(S(C)(=N)=O)c2)CC(F)(F)C1. The van der Waals surface area contributed by atoms with Gasteiger partial charge in [0.25, 0.3) is 5.91 Å². The van der Waals surface area contributed by atoms with E-state index in [0.29, 0.717) is 6.42 Å². The molecule has 0 aromatic carbocycles. The Hall–Kier alpha value is -2.57. The fraction of sp³-hybridized carbons (Fsp3) is 0.591. The first-order valence-corrected chi connectivity index (χ1v) is 13.1. The van der Waals surface area contributed by atoms with E-state index in [1.165, 1.54) is 12.3 Å². The van der Waals surface area contributed by atoms with E-state index in [2.05, 4.69) is 15.4 Å². The molecule has 3 aliphatic carbocycles. The summed E-state index contributed by atoms with van der Waals surface area (Å²) in [6, 6.07) is 2.46. The second-order valence-electron chi connectivity index (χ2n) is 10.6. The number of carbonyl (C=O) groups is 1. The Balaban J connectivity index is 1.56. The molecule has 7 nitrogen and oxygen atoms in total. The van der Waals surface area contributed by atoms with E-state index < -0.39 is 63.2 Å². The number of carbonyl (C=O) groups excluding carboxylic acids is 1. The van der Waals surface area contributed by atoms with E-state index in [-0.39, 0.29) is 28.4 Å². The molecule has 3 fully saturated rings. The van der Waals surface area contributed by atoms with Gasteiger partial charge < -0.3 is 5.32 Å². The lowest BCUT2D eigenvalue weighted by Gasteiger charge is -2.44. The number of rotatable bonds is 6. The molecular formula is C22H24F5N5O2S. The summed E-state index contributed by atoms with van der Waals surface area (Å²) < 4.78 is 90.8. The third kappa shape index (κ3) is 4.43. The van der Waals surface area contributed by atoms with Gasteiger partial charge in [0, 0.05) is 43.4 Å². The summed E-state index contributed by atoms with van der Waals surface area (Å²) in [4.78, 5) is 17.1. The maximum Gasteiger partial charge on any atom is 0.420 e. The van der Waals surface area contributed by atoms with E-state index in [4.69, 9.17) is 4.78 Å². The smallest absolute Gasteiger partial charge is 0.320 e. The van der Waals surface area contributed by atoms with Gasteiger partial charge in [0.2, 0.25) is 5.92 Å². The zero-order valence-corrected chi connectivity index (χ0v) is 19.8. The predicted molar refractivity (Wildman–Crippen MR) is 116 cm³/mol. The van der Waals surface area contributed by atoms with E-state index in [0.717, 1.165) is 29.8 Å². The predicted octanol–water partition coefficient (Wildman–Crippen LogP) is 5.29.